The van der Waals surface area contributed by atoms with Crippen molar-refractivity contribution in [1.82, 2.24) is 4.98 Å². The van der Waals surface area contributed by atoms with E-state index in [1.165, 1.54) is 7.11 Å². The number of pyridine rings is 1. The third-order valence-electron chi connectivity index (χ3n) is 4.24. The molecule has 2 rings (SSSR count). The number of rotatable bonds is 4. The molecule has 0 saturated carbocycles. The summed E-state index contributed by atoms with van der Waals surface area (Å²) in [5.74, 6) is 0.555. The van der Waals surface area contributed by atoms with Gasteiger partial charge < -0.3 is 9.64 Å². The Kier molecular flexibility index (Phi) is 8.99. The van der Waals surface area contributed by atoms with Crippen molar-refractivity contribution >= 4 is 24.0 Å². The van der Waals surface area contributed by atoms with Crippen LogP contribution in [-0.2, 0) is 28.7 Å². The van der Waals surface area contributed by atoms with Gasteiger partial charge in [-0.15, -0.1) is 0 Å². The third kappa shape index (κ3) is 4.59. The maximum absolute atomic E-state index is 12.1. The van der Waals surface area contributed by atoms with E-state index in [0.717, 1.165) is 5.69 Å². The molecule has 0 aliphatic carbocycles. The summed E-state index contributed by atoms with van der Waals surface area (Å²) in [6.45, 7) is 8.64. The van der Waals surface area contributed by atoms with E-state index in [9.17, 15) is 4.79 Å². The molecule has 1 unspecified atom stereocenters. The molecule has 1 fully saturated rings. The van der Waals surface area contributed by atoms with Crippen LogP contribution in [0.4, 0.5) is 5.69 Å². The van der Waals surface area contributed by atoms with Gasteiger partial charge >= 0.3 is 18.3 Å². The lowest BCUT2D eigenvalue weighted by molar-refractivity contribution is -0.193. The van der Waals surface area contributed by atoms with E-state index < -0.39 is 0 Å². The number of anilines is 1. The first-order chi connectivity index (χ1) is 11.8. The zero-order valence-electron chi connectivity index (χ0n) is 14.9. The SMILES string of the molecule is COC(=O)C1N(c2cccnc2)C1(C(C)C)C(C)C.O=C=O.O=C=O. The number of hydrogen-bond acceptors (Lipinski definition) is 8. The summed E-state index contributed by atoms with van der Waals surface area (Å²) >= 11 is 0. The van der Waals surface area contributed by atoms with E-state index >= 15 is 0 Å². The first-order valence-corrected chi connectivity index (χ1v) is 7.56. The smallest absolute Gasteiger partial charge is 0.373 e. The van der Waals surface area contributed by atoms with Gasteiger partial charge in [-0.1, -0.05) is 27.7 Å². The molecule has 0 amide bonds. The van der Waals surface area contributed by atoms with Crippen LogP contribution in [-0.4, -0.2) is 41.9 Å². The first-order valence-electron chi connectivity index (χ1n) is 7.56. The zero-order chi connectivity index (χ0) is 19.6. The van der Waals surface area contributed by atoms with Gasteiger partial charge in [0.2, 0.25) is 0 Å². The van der Waals surface area contributed by atoms with Crippen molar-refractivity contribution in [1.29, 1.82) is 0 Å². The molecule has 1 aromatic rings. The second kappa shape index (κ2) is 10.1. The molecule has 136 valence electrons. The van der Waals surface area contributed by atoms with Crippen LogP contribution in [0.25, 0.3) is 0 Å². The summed E-state index contributed by atoms with van der Waals surface area (Å²) in [6, 6.07) is 3.68. The number of nitrogens with zero attached hydrogens (tertiary/aromatic N) is 2. The lowest BCUT2D eigenvalue weighted by Gasteiger charge is -2.26. The lowest BCUT2D eigenvalue weighted by Crippen LogP contribution is -2.34. The molecule has 8 nitrogen and oxygen atoms in total. The highest BCUT2D eigenvalue weighted by molar-refractivity contribution is 5.90. The van der Waals surface area contributed by atoms with Crippen molar-refractivity contribution in [2.24, 2.45) is 11.8 Å². The Hall–Kier alpha value is -2.82. The minimum absolute atomic E-state index is 0.161. The number of esters is 1. The van der Waals surface area contributed by atoms with Gasteiger partial charge in [0.25, 0.3) is 0 Å². The monoisotopic (exact) mass is 350 g/mol. The van der Waals surface area contributed by atoms with Gasteiger partial charge in [0.15, 0.2) is 6.04 Å². The average molecular weight is 350 g/mol. The second-order valence-corrected chi connectivity index (χ2v) is 5.87. The van der Waals surface area contributed by atoms with Gasteiger partial charge in [-0.3, -0.25) is 4.98 Å². The number of carbonyl (C=O) groups excluding carboxylic acids is 5. The first kappa shape index (κ1) is 22.2. The predicted octanol–water partition coefficient (Wildman–Crippen LogP) is 1.33. The standard InChI is InChI=1S/C15H22N2O2.2CO2/c1-10(2)15(11(3)4)13(14(18)19-5)17(15)12-7-6-8-16-9-12;2*2-1-3/h6-11,13H,1-5H3;;. The average Bonchev–Trinajstić information content (AvgIpc) is 3.28. The number of hydrogen-bond donors (Lipinski definition) is 0. The van der Waals surface area contributed by atoms with Crippen LogP contribution in [0, 0.1) is 11.8 Å². The number of methoxy groups -OCH3 is 1. The minimum Gasteiger partial charge on any atom is -0.467 e. The van der Waals surface area contributed by atoms with Crippen LogP contribution in [0.2, 0.25) is 0 Å². The lowest BCUT2D eigenvalue weighted by atomic mass is 9.81. The van der Waals surface area contributed by atoms with Crippen molar-refractivity contribution in [3.63, 3.8) is 0 Å². The fourth-order valence-electron chi connectivity index (χ4n) is 3.45. The topological polar surface area (TPSA) is 110 Å². The van der Waals surface area contributed by atoms with E-state index in [2.05, 4.69) is 37.6 Å². The maximum atomic E-state index is 12.1. The van der Waals surface area contributed by atoms with Crippen molar-refractivity contribution in [3.8, 4) is 0 Å². The highest BCUT2D eigenvalue weighted by atomic mass is 16.5. The Labute approximate surface area is 146 Å². The number of carbonyl (C=O) groups is 1. The van der Waals surface area contributed by atoms with Gasteiger partial charge in [0, 0.05) is 6.20 Å². The highest BCUT2D eigenvalue weighted by Crippen LogP contribution is 2.54. The van der Waals surface area contributed by atoms with E-state index in [1.54, 1.807) is 6.20 Å². The Bertz CT molecular complexity index is 597. The molecule has 8 heteroatoms. The Morgan fingerprint density at radius 3 is 1.96 bits per heavy atom. The van der Waals surface area contributed by atoms with Crippen molar-refractivity contribution in [2.45, 2.75) is 39.3 Å². The van der Waals surface area contributed by atoms with Crippen LogP contribution >= 0.6 is 0 Å². The maximum Gasteiger partial charge on any atom is 0.373 e. The molecule has 0 spiro atoms. The number of ether oxygens (including phenoxy) is 1. The van der Waals surface area contributed by atoms with Crippen molar-refractivity contribution in [2.75, 3.05) is 12.0 Å². The normalized spacial score (nSPS) is 16.4. The summed E-state index contributed by atoms with van der Waals surface area (Å²) in [4.78, 5) is 50.9. The summed E-state index contributed by atoms with van der Waals surface area (Å²) in [5.41, 5.74) is 0.816. The van der Waals surface area contributed by atoms with Crippen LogP contribution in [0.1, 0.15) is 27.7 Å². The number of aromatic nitrogens is 1. The molecule has 0 aromatic carbocycles. The fourth-order valence-corrected chi connectivity index (χ4v) is 3.45. The van der Waals surface area contributed by atoms with Gasteiger partial charge in [-0.2, -0.15) is 19.2 Å². The summed E-state index contributed by atoms with van der Waals surface area (Å²) in [7, 11) is 1.45. The molecule has 1 aromatic heterocycles. The molecule has 2 heterocycles. The quantitative estimate of drug-likeness (QED) is 0.591. The predicted molar refractivity (Wildman–Crippen MR) is 84.9 cm³/mol. The Morgan fingerprint density at radius 1 is 1.16 bits per heavy atom. The minimum atomic E-state index is -0.207. The molecule has 25 heavy (non-hydrogen) atoms. The van der Waals surface area contributed by atoms with Crippen LogP contribution in [0.3, 0.4) is 0 Å². The molecule has 1 saturated heterocycles. The highest BCUT2D eigenvalue weighted by Gasteiger charge is 2.70. The van der Waals surface area contributed by atoms with Gasteiger partial charge in [-0.05, 0) is 24.0 Å². The van der Waals surface area contributed by atoms with Gasteiger partial charge in [0.1, 0.15) is 0 Å². The van der Waals surface area contributed by atoms with Crippen molar-refractivity contribution in [3.05, 3.63) is 24.5 Å². The van der Waals surface area contributed by atoms with E-state index in [4.69, 9.17) is 23.9 Å². The van der Waals surface area contributed by atoms with Crippen LogP contribution in [0.5, 0.6) is 0 Å². The molecule has 0 bridgehead atoms. The molecule has 1 atom stereocenters. The van der Waals surface area contributed by atoms with Crippen molar-refractivity contribution < 1.29 is 28.7 Å². The molecule has 0 N–H and O–H groups in total. The summed E-state index contributed by atoms with van der Waals surface area (Å²) in [6.07, 6.45) is 4.05. The molecule has 0 radical (unpaired) electrons. The third-order valence-corrected chi connectivity index (χ3v) is 4.24. The summed E-state index contributed by atoms with van der Waals surface area (Å²) in [5, 5.41) is 0. The van der Waals surface area contributed by atoms with E-state index in [1.807, 2.05) is 18.3 Å². The van der Waals surface area contributed by atoms with E-state index in [0.29, 0.717) is 11.8 Å². The second-order valence-electron chi connectivity index (χ2n) is 5.87. The van der Waals surface area contributed by atoms with Crippen LogP contribution in [0.15, 0.2) is 24.5 Å². The molecule has 1 aliphatic rings. The Balaban J connectivity index is 0.000000844. The zero-order valence-corrected chi connectivity index (χ0v) is 14.9. The molecule has 1 aliphatic heterocycles. The molecular weight excluding hydrogens is 328 g/mol. The molecular formula is C17H22N2O6. The largest absolute Gasteiger partial charge is 0.467 e. The van der Waals surface area contributed by atoms with E-state index in [-0.39, 0.29) is 29.9 Å². The van der Waals surface area contributed by atoms with Crippen LogP contribution < -0.4 is 4.90 Å². The van der Waals surface area contributed by atoms with Gasteiger partial charge in [-0.25, -0.2) is 4.79 Å². The Morgan fingerprint density at radius 2 is 1.64 bits per heavy atom. The fraction of sp³-hybridized carbons (Fsp3) is 0.529. The van der Waals surface area contributed by atoms with Gasteiger partial charge in [0.05, 0.1) is 24.5 Å². The summed E-state index contributed by atoms with van der Waals surface area (Å²) < 4.78 is 4.98.